The topological polar surface area (TPSA) is 129 Å². The van der Waals surface area contributed by atoms with E-state index in [4.69, 9.17) is 9.47 Å². The van der Waals surface area contributed by atoms with Crippen molar-refractivity contribution in [1.82, 2.24) is 20.9 Å². The molecule has 264 valence electrons. The van der Waals surface area contributed by atoms with E-state index in [0.717, 1.165) is 22.4 Å². The third-order valence-electron chi connectivity index (χ3n) is 9.58. The van der Waals surface area contributed by atoms with E-state index in [9.17, 15) is 19.5 Å². The van der Waals surface area contributed by atoms with Gasteiger partial charge in [0.1, 0.15) is 17.3 Å². The summed E-state index contributed by atoms with van der Waals surface area (Å²) >= 11 is 0. The van der Waals surface area contributed by atoms with E-state index in [-0.39, 0.29) is 30.9 Å². The summed E-state index contributed by atoms with van der Waals surface area (Å²) in [7, 11) is 1.62. The van der Waals surface area contributed by atoms with E-state index in [2.05, 4.69) is 16.0 Å². The van der Waals surface area contributed by atoms with Crippen LogP contribution in [0.3, 0.4) is 0 Å². The summed E-state index contributed by atoms with van der Waals surface area (Å²) in [4.78, 5) is 43.0. The molecule has 3 aromatic carbocycles. The van der Waals surface area contributed by atoms with Crippen molar-refractivity contribution < 1.29 is 29.0 Å². The number of carbonyl (C=O) groups is 3. The van der Waals surface area contributed by atoms with E-state index in [1.54, 1.807) is 18.9 Å². The van der Waals surface area contributed by atoms with Crippen molar-refractivity contribution in [2.24, 2.45) is 5.92 Å². The molecule has 10 nitrogen and oxygen atoms in total. The molecule has 1 unspecified atom stereocenters. The number of aliphatic hydroxyl groups excluding tert-OH is 1. The Balaban J connectivity index is 1.57. The van der Waals surface area contributed by atoms with Crippen molar-refractivity contribution in [3.63, 3.8) is 0 Å². The van der Waals surface area contributed by atoms with Crippen LogP contribution in [0.1, 0.15) is 56.7 Å². The lowest BCUT2D eigenvalue weighted by atomic mass is 9.82. The highest BCUT2D eigenvalue weighted by Crippen LogP contribution is 2.35. The van der Waals surface area contributed by atoms with Gasteiger partial charge in [-0.15, -0.1) is 0 Å². The number of likely N-dealkylation sites (tertiary alicyclic amines) is 1. The molecule has 3 aromatic rings. The Bertz CT molecular complexity index is 1490. The van der Waals surface area contributed by atoms with Gasteiger partial charge in [0, 0.05) is 19.6 Å². The number of hydrogen-bond acceptors (Lipinski definition) is 7. The van der Waals surface area contributed by atoms with Crippen LogP contribution in [0, 0.1) is 5.92 Å². The molecule has 1 aliphatic rings. The molecule has 5 atom stereocenters. The predicted molar refractivity (Wildman–Crippen MR) is 190 cm³/mol. The number of aliphatic hydroxyl groups is 1. The van der Waals surface area contributed by atoms with Gasteiger partial charge in [-0.1, -0.05) is 93.1 Å². The minimum atomic E-state index is -1.18. The van der Waals surface area contributed by atoms with E-state index < -0.39 is 29.8 Å². The van der Waals surface area contributed by atoms with Crippen molar-refractivity contribution in [2.75, 3.05) is 26.8 Å². The number of methoxy groups -OCH3 is 1. The molecule has 49 heavy (non-hydrogen) atoms. The highest BCUT2D eigenvalue weighted by atomic mass is 16.5. The first kappa shape index (κ1) is 37.4. The third-order valence-corrected chi connectivity index (χ3v) is 9.58. The van der Waals surface area contributed by atoms with E-state index in [1.807, 2.05) is 98.8 Å². The smallest absolute Gasteiger partial charge is 0.407 e. The normalized spacial score (nSPS) is 18.3. The van der Waals surface area contributed by atoms with Crippen LogP contribution in [0.15, 0.2) is 84.9 Å². The first-order chi connectivity index (χ1) is 23.7. The quantitative estimate of drug-likeness (QED) is 0.155. The SMILES string of the molecule is CCOC(=O)NC1([C@@H](C)CC)CCN([C@@H](CCc2ccccc2)C(=O)N[C@@H](Cc2ccccc2)[C@H](O)CNCc2cccc(OC)c2)C1=O. The lowest BCUT2D eigenvalue weighted by Gasteiger charge is -2.36. The van der Waals surface area contributed by atoms with Crippen molar-refractivity contribution in [2.45, 2.75) is 83.1 Å². The predicted octanol–water partition coefficient (Wildman–Crippen LogP) is 4.64. The van der Waals surface area contributed by atoms with Crippen molar-refractivity contribution >= 4 is 17.9 Å². The van der Waals surface area contributed by atoms with Crippen molar-refractivity contribution in [3.05, 3.63) is 102 Å². The van der Waals surface area contributed by atoms with Crippen LogP contribution in [0.2, 0.25) is 0 Å². The largest absolute Gasteiger partial charge is 0.497 e. The number of aryl methyl sites for hydroxylation is 1. The molecule has 0 spiro atoms. The number of benzene rings is 3. The summed E-state index contributed by atoms with van der Waals surface area (Å²) in [6, 6.07) is 25.8. The Kier molecular flexibility index (Phi) is 14.0. The zero-order valence-corrected chi connectivity index (χ0v) is 29.2. The minimum Gasteiger partial charge on any atom is -0.497 e. The van der Waals surface area contributed by atoms with Gasteiger partial charge in [0.25, 0.3) is 0 Å². The fourth-order valence-corrected chi connectivity index (χ4v) is 6.55. The molecule has 3 amide bonds. The second-order valence-electron chi connectivity index (χ2n) is 12.8. The Morgan fingerprint density at radius 2 is 1.63 bits per heavy atom. The molecule has 0 radical (unpaired) electrons. The highest BCUT2D eigenvalue weighted by Gasteiger charge is 2.53. The van der Waals surface area contributed by atoms with Gasteiger partial charge < -0.3 is 35.4 Å². The van der Waals surface area contributed by atoms with Gasteiger partial charge in [-0.3, -0.25) is 9.59 Å². The van der Waals surface area contributed by atoms with Gasteiger partial charge in [0.05, 0.1) is 25.9 Å². The van der Waals surface area contributed by atoms with Gasteiger partial charge >= 0.3 is 6.09 Å². The number of ether oxygens (including phenoxy) is 2. The van der Waals surface area contributed by atoms with E-state index in [1.165, 1.54) is 0 Å². The molecule has 0 aliphatic carbocycles. The first-order valence-electron chi connectivity index (χ1n) is 17.4. The summed E-state index contributed by atoms with van der Waals surface area (Å²) in [6.45, 7) is 6.86. The molecule has 10 heteroatoms. The Hall–Kier alpha value is -4.41. The maximum absolute atomic E-state index is 14.4. The summed E-state index contributed by atoms with van der Waals surface area (Å²) in [5.41, 5.74) is 1.84. The monoisotopic (exact) mass is 672 g/mol. The zero-order chi connectivity index (χ0) is 35.2. The van der Waals surface area contributed by atoms with Crippen LogP contribution in [-0.4, -0.2) is 78.4 Å². The third kappa shape index (κ3) is 10.1. The van der Waals surface area contributed by atoms with Crippen LogP contribution < -0.4 is 20.7 Å². The summed E-state index contributed by atoms with van der Waals surface area (Å²) in [5, 5.41) is 20.8. The summed E-state index contributed by atoms with van der Waals surface area (Å²) < 4.78 is 10.5. The average Bonchev–Trinajstić information content (AvgIpc) is 3.44. The second-order valence-corrected chi connectivity index (χ2v) is 12.8. The Morgan fingerprint density at radius 3 is 2.29 bits per heavy atom. The lowest BCUT2D eigenvalue weighted by Crippen LogP contribution is -2.61. The molecular weight excluding hydrogens is 620 g/mol. The fraction of sp³-hybridized carbons (Fsp3) is 0.462. The second kappa shape index (κ2) is 18.4. The minimum absolute atomic E-state index is 0.182. The van der Waals surface area contributed by atoms with Gasteiger partial charge in [0.2, 0.25) is 11.8 Å². The number of rotatable bonds is 18. The van der Waals surface area contributed by atoms with Gasteiger partial charge in [-0.25, -0.2) is 4.79 Å². The van der Waals surface area contributed by atoms with E-state index in [0.29, 0.717) is 45.2 Å². The first-order valence-corrected chi connectivity index (χ1v) is 17.4. The number of nitrogens with one attached hydrogen (secondary N) is 3. The molecule has 1 aliphatic heterocycles. The summed E-state index contributed by atoms with van der Waals surface area (Å²) in [6.07, 6.45) is 0.784. The molecular formula is C39H52N4O6. The standard InChI is InChI=1S/C39H52N4O6/c1-5-28(3)39(42-38(47)49-6-2)22-23-43(37(39)46)34(21-20-29-14-9-7-10-15-29)36(45)41-33(25-30-16-11-8-12-17-30)35(44)27-40-26-31-18-13-19-32(24-31)48-4/h7-19,24,28,33-35,40,44H,5-6,20-23,25-27H2,1-4H3,(H,41,45)(H,42,47)/t28-,33-,34-,35+,39?/m0/s1. The maximum atomic E-state index is 14.4. The molecule has 0 saturated carbocycles. The maximum Gasteiger partial charge on any atom is 0.407 e. The molecule has 4 rings (SSSR count). The van der Waals surface area contributed by atoms with Crippen LogP contribution in [0.4, 0.5) is 4.79 Å². The van der Waals surface area contributed by atoms with Crippen LogP contribution in [0.5, 0.6) is 5.75 Å². The number of carbonyl (C=O) groups excluding carboxylic acids is 3. The molecule has 0 aromatic heterocycles. The molecule has 4 N–H and O–H groups in total. The van der Waals surface area contributed by atoms with Gasteiger partial charge in [0.15, 0.2) is 0 Å². The van der Waals surface area contributed by atoms with Crippen LogP contribution in [-0.2, 0) is 33.7 Å². The Morgan fingerprint density at radius 1 is 0.959 bits per heavy atom. The molecule has 0 bridgehead atoms. The Labute approximate surface area is 290 Å². The van der Waals surface area contributed by atoms with Crippen molar-refractivity contribution in [1.29, 1.82) is 0 Å². The van der Waals surface area contributed by atoms with Gasteiger partial charge in [-0.05, 0) is 67.3 Å². The van der Waals surface area contributed by atoms with Gasteiger partial charge in [-0.2, -0.15) is 0 Å². The number of alkyl carbamates (subject to hydrolysis) is 1. The van der Waals surface area contributed by atoms with Crippen molar-refractivity contribution in [3.8, 4) is 5.75 Å². The fourth-order valence-electron chi connectivity index (χ4n) is 6.55. The highest BCUT2D eigenvalue weighted by molar-refractivity contribution is 5.96. The van der Waals surface area contributed by atoms with Crippen LogP contribution >= 0.6 is 0 Å². The average molecular weight is 673 g/mol. The zero-order valence-electron chi connectivity index (χ0n) is 29.2. The molecule has 1 fully saturated rings. The number of amides is 3. The molecule has 1 heterocycles. The van der Waals surface area contributed by atoms with Crippen LogP contribution in [0.25, 0.3) is 0 Å². The number of nitrogens with zero attached hydrogens (tertiary/aromatic N) is 1. The number of hydrogen-bond donors (Lipinski definition) is 4. The summed E-state index contributed by atoms with van der Waals surface area (Å²) in [5.74, 6) is -0.0613. The molecule has 1 saturated heterocycles. The van der Waals surface area contributed by atoms with E-state index >= 15 is 0 Å². The lowest BCUT2D eigenvalue weighted by molar-refractivity contribution is -0.142.